The summed E-state index contributed by atoms with van der Waals surface area (Å²) in [5.74, 6) is 1.62. The number of carbonyl (C=O) groups excluding carboxylic acids is 1. The Morgan fingerprint density at radius 2 is 1.96 bits per heavy atom. The lowest BCUT2D eigenvalue weighted by Crippen LogP contribution is -2.17. The first-order valence-electron chi connectivity index (χ1n) is 8.46. The second-order valence-corrected chi connectivity index (χ2v) is 5.54. The molecule has 0 spiro atoms. The Morgan fingerprint density at radius 1 is 1.12 bits per heavy atom. The molecule has 6 heteroatoms. The summed E-state index contributed by atoms with van der Waals surface area (Å²) in [6.45, 7) is 2.76. The molecule has 0 radical (unpaired) electrons. The number of rotatable bonds is 9. The number of hydrogen-bond acceptors (Lipinski definition) is 5. The van der Waals surface area contributed by atoms with Crippen molar-refractivity contribution in [2.24, 2.45) is 5.10 Å². The number of unbranched alkanes of at least 4 members (excludes halogenated alkanes) is 1. The van der Waals surface area contributed by atoms with Crippen molar-refractivity contribution in [2.75, 3.05) is 20.8 Å². The molecule has 2 aromatic rings. The van der Waals surface area contributed by atoms with E-state index in [4.69, 9.17) is 14.2 Å². The van der Waals surface area contributed by atoms with E-state index in [2.05, 4.69) is 17.5 Å². The van der Waals surface area contributed by atoms with Crippen LogP contribution in [0.4, 0.5) is 0 Å². The molecule has 0 atom stereocenters. The summed E-state index contributed by atoms with van der Waals surface area (Å²) in [6.07, 6.45) is 3.61. The normalized spacial score (nSPS) is 10.6. The highest BCUT2D eigenvalue weighted by molar-refractivity contribution is 5.95. The lowest BCUT2D eigenvalue weighted by molar-refractivity contribution is 0.0955. The van der Waals surface area contributed by atoms with Gasteiger partial charge in [-0.15, -0.1) is 0 Å². The molecular weight excluding hydrogens is 332 g/mol. The number of nitrogens with zero attached hydrogens (tertiary/aromatic N) is 1. The fourth-order valence-corrected chi connectivity index (χ4v) is 2.20. The summed E-state index contributed by atoms with van der Waals surface area (Å²) in [5, 5.41) is 3.99. The predicted octanol–water partition coefficient (Wildman–Crippen LogP) is 3.65. The molecule has 6 nitrogen and oxygen atoms in total. The van der Waals surface area contributed by atoms with Gasteiger partial charge >= 0.3 is 0 Å². The zero-order chi connectivity index (χ0) is 18.8. The molecule has 0 bridgehead atoms. The van der Waals surface area contributed by atoms with E-state index in [9.17, 15) is 4.79 Å². The molecule has 26 heavy (non-hydrogen) atoms. The van der Waals surface area contributed by atoms with Gasteiger partial charge in [0.2, 0.25) is 0 Å². The maximum absolute atomic E-state index is 12.1. The van der Waals surface area contributed by atoms with Crippen LogP contribution >= 0.6 is 0 Å². The van der Waals surface area contributed by atoms with E-state index >= 15 is 0 Å². The number of benzene rings is 2. The number of hydrogen-bond donors (Lipinski definition) is 1. The molecule has 1 amide bonds. The summed E-state index contributed by atoms with van der Waals surface area (Å²) in [6, 6.07) is 12.4. The van der Waals surface area contributed by atoms with Crippen LogP contribution in [0, 0.1) is 0 Å². The molecule has 0 aliphatic carbocycles. The Labute approximate surface area is 153 Å². The van der Waals surface area contributed by atoms with Crippen LogP contribution in [0.15, 0.2) is 47.6 Å². The molecule has 0 unspecified atom stereocenters. The topological polar surface area (TPSA) is 69.2 Å². The molecule has 1 N–H and O–H groups in total. The van der Waals surface area contributed by atoms with Gasteiger partial charge in [-0.2, -0.15) is 5.10 Å². The van der Waals surface area contributed by atoms with Gasteiger partial charge in [0.25, 0.3) is 5.91 Å². The Balaban J connectivity index is 1.99. The van der Waals surface area contributed by atoms with Crippen LogP contribution < -0.4 is 19.6 Å². The molecule has 0 heterocycles. The van der Waals surface area contributed by atoms with Crippen LogP contribution in [-0.2, 0) is 0 Å². The van der Waals surface area contributed by atoms with E-state index in [1.807, 2.05) is 18.2 Å². The number of ether oxygens (including phenoxy) is 3. The Kier molecular flexibility index (Phi) is 7.49. The van der Waals surface area contributed by atoms with Gasteiger partial charge in [0, 0.05) is 5.56 Å². The zero-order valence-electron chi connectivity index (χ0n) is 15.3. The van der Waals surface area contributed by atoms with Gasteiger partial charge in [-0.3, -0.25) is 4.79 Å². The van der Waals surface area contributed by atoms with Crippen LogP contribution in [0.2, 0.25) is 0 Å². The number of hydrazone groups is 1. The summed E-state index contributed by atoms with van der Waals surface area (Å²) in [7, 11) is 3.14. The van der Waals surface area contributed by atoms with Crippen LogP contribution in [0.1, 0.15) is 35.7 Å². The first-order valence-corrected chi connectivity index (χ1v) is 8.46. The molecule has 0 saturated carbocycles. The molecule has 0 aliphatic rings. The smallest absolute Gasteiger partial charge is 0.271 e. The second kappa shape index (κ2) is 10.1. The van der Waals surface area contributed by atoms with E-state index in [1.54, 1.807) is 44.7 Å². The van der Waals surface area contributed by atoms with Gasteiger partial charge in [-0.05, 0) is 48.4 Å². The summed E-state index contributed by atoms with van der Waals surface area (Å²) in [5.41, 5.74) is 3.75. The van der Waals surface area contributed by atoms with Crippen LogP contribution in [0.5, 0.6) is 17.2 Å². The number of carbonyl (C=O) groups is 1. The number of methoxy groups -OCH3 is 2. The van der Waals surface area contributed by atoms with Crippen molar-refractivity contribution in [3.05, 3.63) is 53.6 Å². The maximum atomic E-state index is 12.1. The predicted molar refractivity (Wildman–Crippen MR) is 101 cm³/mol. The third-order valence-corrected chi connectivity index (χ3v) is 3.65. The Bertz CT molecular complexity index is 759. The Morgan fingerprint density at radius 3 is 2.69 bits per heavy atom. The minimum Gasteiger partial charge on any atom is -0.497 e. The fourth-order valence-electron chi connectivity index (χ4n) is 2.20. The SMILES string of the molecule is CCCCOc1ccc(/C=N/NC(=O)c2cccc(OC)c2)cc1OC. The van der Waals surface area contributed by atoms with Crippen LogP contribution in [0.3, 0.4) is 0 Å². The van der Waals surface area contributed by atoms with E-state index in [-0.39, 0.29) is 5.91 Å². The van der Waals surface area contributed by atoms with Crippen molar-refractivity contribution in [3.8, 4) is 17.2 Å². The average molecular weight is 356 g/mol. The van der Waals surface area contributed by atoms with Gasteiger partial charge < -0.3 is 14.2 Å². The second-order valence-electron chi connectivity index (χ2n) is 5.54. The molecule has 0 fully saturated rings. The molecule has 138 valence electrons. The molecule has 2 rings (SSSR count). The van der Waals surface area contributed by atoms with Crippen molar-refractivity contribution < 1.29 is 19.0 Å². The van der Waals surface area contributed by atoms with Gasteiger partial charge in [0.15, 0.2) is 11.5 Å². The van der Waals surface area contributed by atoms with Gasteiger partial charge in [0.1, 0.15) is 5.75 Å². The average Bonchev–Trinajstić information content (AvgIpc) is 2.68. The van der Waals surface area contributed by atoms with Crippen molar-refractivity contribution in [1.29, 1.82) is 0 Å². The minimum atomic E-state index is -0.313. The minimum absolute atomic E-state index is 0.313. The number of amides is 1. The van der Waals surface area contributed by atoms with Crippen molar-refractivity contribution in [1.82, 2.24) is 5.43 Å². The van der Waals surface area contributed by atoms with Crippen LogP contribution in [-0.4, -0.2) is 32.9 Å². The molecular formula is C20H24N2O4. The van der Waals surface area contributed by atoms with E-state index in [1.165, 1.54) is 0 Å². The third-order valence-electron chi connectivity index (χ3n) is 3.65. The van der Waals surface area contributed by atoms with Gasteiger partial charge in [-0.1, -0.05) is 19.4 Å². The highest BCUT2D eigenvalue weighted by Crippen LogP contribution is 2.27. The molecule has 0 aliphatic heterocycles. The highest BCUT2D eigenvalue weighted by atomic mass is 16.5. The maximum Gasteiger partial charge on any atom is 0.271 e. The first-order chi connectivity index (χ1) is 12.7. The quantitative estimate of drug-likeness (QED) is 0.423. The fraction of sp³-hybridized carbons (Fsp3) is 0.300. The van der Waals surface area contributed by atoms with E-state index < -0.39 is 0 Å². The standard InChI is InChI=1S/C20H24N2O4/c1-4-5-11-26-18-10-9-15(12-19(18)25-3)14-21-22-20(23)16-7-6-8-17(13-16)24-2/h6-10,12-14H,4-5,11H2,1-3H3,(H,22,23)/b21-14+. The van der Waals surface area contributed by atoms with Crippen molar-refractivity contribution in [2.45, 2.75) is 19.8 Å². The molecule has 2 aromatic carbocycles. The number of nitrogens with one attached hydrogen (secondary N) is 1. The summed E-state index contributed by atoms with van der Waals surface area (Å²) < 4.78 is 16.2. The molecule has 0 aromatic heterocycles. The van der Waals surface area contributed by atoms with Crippen molar-refractivity contribution in [3.63, 3.8) is 0 Å². The zero-order valence-corrected chi connectivity index (χ0v) is 15.3. The van der Waals surface area contributed by atoms with Gasteiger partial charge in [-0.25, -0.2) is 5.43 Å². The monoisotopic (exact) mass is 356 g/mol. The summed E-state index contributed by atoms with van der Waals surface area (Å²) in [4.78, 5) is 12.1. The van der Waals surface area contributed by atoms with Crippen molar-refractivity contribution >= 4 is 12.1 Å². The van der Waals surface area contributed by atoms with E-state index in [0.29, 0.717) is 29.4 Å². The third kappa shape index (κ3) is 5.51. The lowest BCUT2D eigenvalue weighted by Gasteiger charge is -2.10. The highest BCUT2D eigenvalue weighted by Gasteiger charge is 2.06. The molecule has 0 saturated heterocycles. The first kappa shape index (κ1) is 19.3. The largest absolute Gasteiger partial charge is 0.497 e. The lowest BCUT2D eigenvalue weighted by atomic mass is 10.2. The van der Waals surface area contributed by atoms with Gasteiger partial charge in [0.05, 0.1) is 27.0 Å². The summed E-state index contributed by atoms with van der Waals surface area (Å²) >= 11 is 0. The van der Waals surface area contributed by atoms with Crippen LogP contribution in [0.25, 0.3) is 0 Å². The van der Waals surface area contributed by atoms with E-state index in [0.717, 1.165) is 18.4 Å². The Hall–Kier alpha value is -3.02.